The standard InChI is InChI=1S/C21H32N6O4/c1-11-17-12(2)26(10-27(17)18-19(23-11)24-21(22)25-20(18)31)14-5-3-13(4-6-14)9-16(30)15(29)7-8-28/h3-6,11-12,15-18,21,28-30H,7-10,22H2,1-2H3,(H,23,24)(H,25,31)/t11-,12+,15+,16-,17+,18?,21?/m0/s1. The van der Waals surface area contributed by atoms with E-state index in [0.29, 0.717) is 18.9 Å². The van der Waals surface area contributed by atoms with E-state index >= 15 is 0 Å². The number of carbonyl (C=O) groups excluding carboxylic acids is 1. The minimum atomic E-state index is -0.946. The normalized spacial score (nSPS) is 32.5. The van der Waals surface area contributed by atoms with Gasteiger partial charge >= 0.3 is 0 Å². The summed E-state index contributed by atoms with van der Waals surface area (Å²) in [7, 11) is 0. The maximum atomic E-state index is 12.7. The number of nitrogens with zero attached hydrogens (tertiary/aromatic N) is 3. The summed E-state index contributed by atoms with van der Waals surface area (Å²) in [4.78, 5) is 21.5. The molecule has 0 aromatic heterocycles. The third-order valence-corrected chi connectivity index (χ3v) is 6.56. The lowest BCUT2D eigenvalue weighted by atomic mass is 9.95. The number of fused-ring (bicyclic) bond motifs is 3. The molecule has 0 spiro atoms. The molecule has 0 aliphatic carbocycles. The Labute approximate surface area is 181 Å². The number of benzene rings is 1. The number of anilines is 1. The van der Waals surface area contributed by atoms with E-state index in [4.69, 9.17) is 10.8 Å². The molecule has 2 saturated heterocycles. The Hall–Kier alpha value is -2.24. The highest BCUT2D eigenvalue weighted by Gasteiger charge is 2.52. The summed E-state index contributed by atoms with van der Waals surface area (Å²) in [6, 6.07) is 7.80. The zero-order valence-electron chi connectivity index (χ0n) is 17.8. The van der Waals surface area contributed by atoms with E-state index in [1.807, 2.05) is 24.3 Å². The van der Waals surface area contributed by atoms with Crippen LogP contribution in [0.15, 0.2) is 29.3 Å². The number of aliphatic hydroxyl groups excluding tert-OH is 3. The number of nitrogens with one attached hydrogen (secondary N) is 2. The number of carbonyl (C=O) groups is 1. The summed E-state index contributed by atoms with van der Waals surface area (Å²) in [5, 5.41) is 34.9. The van der Waals surface area contributed by atoms with Crippen LogP contribution in [0.25, 0.3) is 0 Å². The van der Waals surface area contributed by atoms with Crippen molar-refractivity contribution < 1.29 is 20.1 Å². The monoisotopic (exact) mass is 432 g/mol. The molecule has 170 valence electrons. The number of amidine groups is 1. The van der Waals surface area contributed by atoms with Crippen LogP contribution in [-0.2, 0) is 11.2 Å². The van der Waals surface area contributed by atoms with Gasteiger partial charge in [0.2, 0.25) is 5.91 Å². The molecule has 7 atom stereocenters. The van der Waals surface area contributed by atoms with E-state index in [0.717, 1.165) is 11.3 Å². The third-order valence-electron chi connectivity index (χ3n) is 6.56. The molecule has 1 aromatic carbocycles. The molecule has 0 saturated carbocycles. The summed E-state index contributed by atoms with van der Waals surface area (Å²) >= 11 is 0. The summed E-state index contributed by atoms with van der Waals surface area (Å²) < 4.78 is 0. The minimum Gasteiger partial charge on any atom is -0.396 e. The zero-order valence-corrected chi connectivity index (χ0v) is 17.8. The van der Waals surface area contributed by atoms with Crippen molar-refractivity contribution in [3.8, 4) is 0 Å². The maximum absolute atomic E-state index is 12.7. The number of hydrogen-bond acceptors (Lipinski definition) is 9. The van der Waals surface area contributed by atoms with Crippen LogP contribution in [0, 0.1) is 0 Å². The van der Waals surface area contributed by atoms with Crippen molar-refractivity contribution in [1.82, 2.24) is 15.5 Å². The Kier molecular flexibility index (Phi) is 6.18. The molecule has 4 rings (SSSR count). The van der Waals surface area contributed by atoms with E-state index in [9.17, 15) is 15.0 Å². The fourth-order valence-corrected chi connectivity index (χ4v) is 5.01. The van der Waals surface area contributed by atoms with E-state index in [2.05, 4.69) is 39.3 Å². The van der Waals surface area contributed by atoms with Gasteiger partial charge in [-0.15, -0.1) is 0 Å². The summed E-state index contributed by atoms with van der Waals surface area (Å²) in [5.74, 6) is 0.488. The molecular formula is C21H32N6O4. The summed E-state index contributed by atoms with van der Waals surface area (Å²) in [6.07, 6.45) is -2.12. The van der Waals surface area contributed by atoms with Gasteiger partial charge in [0.25, 0.3) is 0 Å². The number of aliphatic hydroxyl groups is 3. The van der Waals surface area contributed by atoms with Crippen LogP contribution in [0.3, 0.4) is 0 Å². The van der Waals surface area contributed by atoms with Crippen molar-refractivity contribution in [2.45, 2.75) is 69.4 Å². The van der Waals surface area contributed by atoms with Crippen molar-refractivity contribution in [3.05, 3.63) is 29.8 Å². The number of amides is 1. The van der Waals surface area contributed by atoms with Crippen molar-refractivity contribution in [3.63, 3.8) is 0 Å². The lowest BCUT2D eigenvalue weighted by Gasteiger charge is -2.44. The predicted molar refractivity (Wildman–Crippen MR) is 116 cm³/mol. The van der Waals surface area contributed by atoms with Crippen LogP contribution < -0.4 is 21.3 Å². The fourth-order valence-electron chi connectivity index (χ4n) is 5.01. The molecule has 3 heterocycles. The molecule has 3 aliphatic heterocycles. The molecule has 0 bridgehead atoms. The van der Waals surface area contributed by atoms with Gasteiger partial charge in [-0.3, -0.25) is 15.4 Å². The molecule has 10 heteroatoms. The second-order valence-corrected chi connectivity index (χ2v) is 8.68. The molecule has 1 amide bonds. The second kappa shape index (κ2) is 8.71. The Balaban J connectivity index is 1.50. The molecule has 31 heavy (non-hydrogen) atoms. The lowest BCUT2D eigenvalue weighted by molar-refractivity contribution is -0.126. The molecule has 2 fully saturated rings. The van der Waals surface area contributed by atoms with E-state index < -0.39 is 24.5 Å². The van der Waals surface area contributed by atoms with Crippen molar-refractivity contribution in [1.29, 1.82) is 0 Å². The first-order valence-electron chi connectivity index (χ1n) is 10.8. The van der Waals surface area contributed by atoms with Gasteiger partial charge in [0.05, 0.1) is 24.9 Å². The van der Waals surface area contributed by atoms with Gasteiger partial charge in [-0.2, -0.15) is 0 Å². The molecule has 0 radical (unpaired) electrons. The minimum absolute atomic E-state index is 0.107. The van der Waals surface area contributed by atoms with Gasteiger partial charge in [-0.1, -0.05) is 12.1 Å². The topological polar surface area (TPSA) is 147 Å². The van der Waals surface area contributed by atoms with Crippen molar-refractivity contribution in [2.75, 3.05) is 18.2 Å². The third kappa shape index (κ3) is 4.13. The SMILES string of the molecule is C[C@@H]1NC2=NC(N)NC(=O)C2N2CN(c3ccc(C[C@H](O)[C@H](O)CCO)cc3)[C@H](C)[C@@H]12. The van der Waals surface area contributed by atoms with Crippen LogP contribution >= 0.6 is 0 Å². The molecule has 1 aromatic rings. The Morgan fingerprint density at radius 1 is 1.19 bits per heavy atom. The first-order chi connectivity index (χ1) is 14.8. The maximum Gasteiger partial charge on any atom is 0.247 e. The number of rotatable bonds is 6. The highest BCUT2D eigenvalue weighted by molar-refractivity contribution is 6.09. The largest absolute Gasteiger partial charge is 0.396 e. The van der Waals surface area contributed by atoms with Crippen LogP contribution in [0.2, 0.25) is 0 Å². The van der Waals surface area contributed by atoms with Crippen LogP contribution in [0.1, 0.15) is 25.8 Å². The predicted octanol–water partition coefficient (Wildman–Crippen LogP) is -1.70. The second-order valence-electron chi connectivity index (χ2n) is 8.68. The lowest BCUT2D eigenvalue weighted by Crippen LogP contribution is -2.71. The van der Waals surface area contributed by atoms with E-state index in [1.165, 1.54) is 0 Å². The Morgan fingerprint density at radius 3 is 2.58 bits per heavy atom. The highest BCUT2D eigenvalue weighted by atomic mass is 16.3. The van der Waals surface area contributed by atoms with Gasteiger partial charge in [-0.25, -0.2) is 4.99 Å². The van der Waals surface area contributed by atoms with Gasteiger partial charge in [-0.05, 0) is 38.0 Å². The fraction of sp³-hybridized carbons (Fsp3) is 0.619. The van der Waals surface area contributed by atoms with Crippen LogP contribution in [0.4, 0.5) is 5.69 Å². The van der Waals surface area contributed by atoms with E-state index in [1.54, 1.807) is 0 Å². The average molecular weight is 433 g/mol. The summed E-state index contributed by atoms with van der Waals surface area (Å²) in [5.41, 5.74) is 7.74. The number of hydrogen-bond donors (Lipinski definition) is 6. The first kappa shape index (κ1) is 22.0. The molecule has 10 nitrogen and oxygen atoms in total. The van der Waals surface area contributed by atoms with E-state index in [-0.39, 0.29) is 37.1 Å². The molecule has 2 unspecified atom stereocenters. The molecular weight excluding hydrogens is 400 g/mol. The summed E-state index contributed by atoms with van der Waals surface area (Å²) in [6.45, 7) is 4.67. The Morgan fingerprint density at radius 2 is 1.90 bits per heavy atom. The number of piperazine rings is 1. The van der Waals surface area contributed by atoms with Gasteiger partial charge < -0.3 is 30.9 Å². The molecule has 7 N–H and O–H groups in total. The highest BCUT2D eigenvalue weighted by Crippen LogP contribution is 2.33. The first-order valence-corrected chi connectivity index (χ1v) is 10.8. The quantitative estimate of drug-likeness (QED) is 0.312. The van der Waals surface area contributed by atoms with Crippen LogP contribution in [-0.4, -0.2) is 87.9 Å². The van der Waals surface area contributed by atoms with Gasteiger partial charge in [0.1, 0.15) is 11.9 Å². The Bertz CT molecular complexity index is 834. The van der Waals surface area contributed by atoms with Gasteiger partial charge in [0, 0.05) is 30.8 Å². The average Bonchev–Trinajstić information content (AvgIpc) is 3.05. The molecule has 3 aliphatic rings. The zero-order chi connectivity index (χ0) is 22.3. The number of aliphatic imine (C=N–C) groups is 1. The van der Waals surface area contributed by atoms with Crippen molar-refractivity contribution >= 4 is 17.4 Å². The number of nitrogens with two attached hydrogens (primary N) is 1. The van der Waals surface area contributed by atoms with Crippen LogP contribution in [0.5, 0.6) is 0 Å². The van der Waals surface area contributed by atoms with Crippen molar-refractivity contribution in [2.24, 2.45) is 10.7 Å². The van der Waals surface area contributed by atoms with Gasteiger partial charge in [0.15, 0.2) is 6.29 Å². The smallest absolute Gasteiger partial charge is 0.247 e.